The number of rotatable bonds is 6. The van der Waals surface area contributed by atoms with Crippen LogP contribution in [0.5, 0.6) is 0 Å². The third kappa shape index (κ3) is 4.62. The SMILES string of the molecule is C=CCCN(C(=O)C(=[N+]=[N-])C(C)=O)c1ccc(C#N)c(C(F)(F)F)c1. The molecule has 0 aliphatic heterocycles. The summed E-state index contributed by atoms with van der Waals surface area (Å²) in [6.45, 7) is 4.35. The van der Waals surface area contributed by atoms with E-state index < -0.39 is 34.7 Å². The summed E-state index contributed by atoms with van der Waals surface area (Å²) in [4.78, 5) is 27.2. The van der Waals surface area contributed by atoms with Crippen LogP contribution in [-0.2, 0) is 15.8 Å². The van der Waals surface area contributed by atoms with Crippen molar-refractivity contribution in [2.45, 2.75) is 19.5 Å². The second-order valence-electron chi connectivity index (χ2n) is 4.88. The third-order valence-electron chi connectivity index (χ3n) is 3.18. The van der Waals surface area contributed by atoms with E-state index >= 15 is 0 Å². The average molecular weight is 350 g/mol. The Morgan fingerprint density at radius 2 is 2.08 bits per heavy atom. The number of Topliss-reactive ketones (excluding diaryl/α,β-unsaturated/α-hetero) is 1. The highest BCUT2D eigenvalue weighted by Gasteiger charge is 2.36. The molecule has 0 aliphatic carbocycles. The molecule has 1 aromatic carbocycles. The van der Waals surface area contributed by atoms with Crippen LogP contribution in [0.15, 0.2) is 30.9 Å². The number of nitriles is 1. The minimum atomic E-state index is -4.80. The second kappa shape index (κ2) is 8.04. The van der Waals surface area contributed by atoms with Gasteiger partial charge in [-0.1, -0.05) is 6.08 Å². The smallest absolute Gasteiger partial charge is 0.360 e. The lowest BCUT2D eigenvalue weighted by molar-refractivity contribution is -0.137. The standard InChI is InChI=1S/C16H13F3N4O2/c1-3-4-7-23(15(25)14(22-21)10(2)24)12-6-5-11(9-20)13(8-12)16(17,18)19/h3,5-6,8H,1,4,7H2,2H3. The Morgan fingerprint density at radius 1 is 1.44 bits per heavy atom. The van der Waals surface area contributed by atoms with Crippen LogP contribution in [-0.4, -0.2) is 28.7 Å². The maximum absolute atomic E-state index is 13.1. The fourth-order valence-corrected chi connectivity index (χ4v) is 1.99. The molecule has 0 bridgehead atoms. The van der Waals surface area contributed by atoms with Gasteiger partial charge in [-0.15, -0.1) is 6.58 Å². The van der Waals surface area contributed by atoms with E-state index in [1.165, 1.54) is 12.1 Å². The molecule has 1 aromatic rings. The van der Waals surface area contributed by atoms with Crippen molar-refractivity contribution in [2.24, 2.45) is 0 Å². The molecular weight excluding hydrogens is 337 g/mol. The predicted octanol–water partition coefficient (Wildman–Crippen LogP) is 2.75. The van der Waals surface area contributed by atoms with Gasteiger partial charge in [0.05, 0.1) is 17.2 Å². The van der Waals surface area contributed by atoms with Gasteiger partial charge in [0.2, 0.25) is 5.78 Å². The molecule has 0 spiro atoms. The van der Waals surface area contributed by atoms with Crippen LogP contribution in [0.3, 0.4) is 0 Å². The van der Waals surface area contributed by atoms with E-state index in [9.17, 15) is 22.8 Å². The Labute approximate surface area is 141 Å². The molecule has 0 saturated carbocycles. The van der Waals surface area contributed by atoms with Crippen LogP contribution in [0.4, 0.5) is 18.9 Å². The van der Waals surface area contributed by atoms with E-state index in [1.807, 2.05) is 0 Å². The molecule has 0 radical (unpaired) electrons. The Balaban J connectivity index is 3.50. The van der Waals surface area contributed by atoms with Crippen LogP contribution >= 0.6 is 0 Å². The summed E-state index contributed by atoms with van der Waals surface area (Å²) in [7, 11) is 0. The molecule has 0 fully saturated rings. The zero-order valence-corrected chi connectivity index (χ0v) is 13.2. The van der Waals surface area contributed by atoms with E-state index in [0.29, 0.717) is 6.07 Å². The number of halogens is 3. The summed E-state index contributed by atoms with van der Waals surface area (Å²) in [6, 6.07) is 4.14. The first-order valence-corrected chi connectivity index (χ1v) is 6.94. The number of anilines is 1. The molecule has 0 saturated heterocycles. The van der Waals surface area contributed by atoms with Crippen LogP contribution in [0.2, 0.25) is 0 Å². The highest BCUT2D eigenvalue weighted by Crippen LogP contribution is 2.34. The first-order chi connectivity index (χ1) is 11.7. The first-order valence-electron chi connectivity index (χ1n) is 6.94. The van der Waals surface area contributed by atoms with Crippen molar-refractivity contribution in [1.29, 1.82) is 5.26 Å². The monoisotopic (exact) mass is 350 g/mol. The Morgan fingerprint density at radius 3 is 2.52 bits per heavy atom. The van der Waals surface area contributed by atoms with E-state index in [1.54, 1.807) is 0 Å². The number of hydrogen-bond acceptors (Lipinski definition) is 3. The van der Waals surface area contributed by atoms with Crippen LogP contribution < -0.4 is 4.90 Å². The van der Waals surface area contributed by atoms with Crippen LogP contribution in [0.1, 0.15) is 24.5 Å². The number of hydrogen-bond donors (Lipinski definition) is 0. The summed E-state index contributed by atoms with van der Waals surface area (Å²) in [6.07, 6.45) is -3.16. The van der Waals surface area contributed by atoms with Gasteiger partial charge >= 0.3 is 17.8 Å². The molecule has 0 unspecified atom stereocenters. The molecule has 25 heavy (non-hydrogen) atoms. The summed E-state index contributed by atoms with van der Waals surface area (Å²) < 4.78 is 39.3. The van der Waals surface area contributed by atoms with Crippen molar-refractivity contribution in [3.8, 4) is 6.07 Å². The van der Waals surface area contributed by atoms with Crippen molar-refractivity contribution >= 4 is 23.1 Å². The molecule has 0 aliphatic rings. The van der Waals surface area contributed by atoms with Crippen molar-refractivity contribution in [2.75, 3.05) is 11.4 Å². The molecule has 6 nitrogen and oxygen atoms in total. The van der Waals surface area contributed by atoms with Gasteiger partial charge in [0.15, 0.2) is 0 Å². The number of benzene rings is 1. The maximum atomic E-state index is 13.1. The van der Waals surface area contributed by atoms with Gasteiger partial charge in [-0.05, 0) is 24.6 Å². The lowest BCUT2D eigenvalue weighted by atomic mass is 10.1. The lowest BCUT2D eigenvalue weighted by Gasteiger charge is -2.21. The van der Waals surface area contributed by atoms with Gasteiger partial charge in [0.1, 0.15) is 0 Å². The number of carbonyl (C=O) groups excluding carboxylic acids is 2. The number of carbonyl (C=O) groups is 2. The van der Waals surface area contributed by atoms with Gasteiger partial charge in [-0.2, -0.15) is 23.2 Å². The van der Waals surface area contributed by atoms with Crippen LogP contribution in [0.25, 0.3) is 5.53 Å². The van der Waals surface area contributed by atoms with Crippen molar-refractivity contribution < 1.29 is 27.6 Å². The quantitative estimate of drug-likeness (QED) is 0.259. The highest BCUT2D eigenvalue weighted by atomic mass is 19.4. The van der Waals surface area contributed by atoms with E-state index in [4.69, 9.17) is 10.8 Å². The summed E-state index contributed by atoms with van der Waals surface area (Å²) in [5.41, 5.74) is 6.00. The van der Waals surface area contributed by atoms with E-state index in [0.717, 1.165) is 24.0 Å². The maximum Gasteiger partial charge on any atom is 0.421 e. The number of amides is 1. The topological polar surface area (TPSA) is 97.6 Å². The number of ketones is 1. The van der Waals surface area contributed by atoms with E-state index in [2.05, 4.69) is 11.4 Å². The Kier molecular flexibility index (Phi) is 6.37. The van der Waals surface area contributed by atoms with Gasteiger partial charge in [-0.25, -0.2) is 0 Å². The van der Waals surface area contributed by atoms with Gasteiger partial charge in [0, 0.05) is 19.2 Å². The minimum absolute atomic E-state index is 0.0994. The number of nitrogens with zero attached hydrogens (tertiary/aromatic N) is 4. The summed E-state index contributed by atoms with van der Waals surface area (Å²) >= 11 is 0. The van der Waals surface area contributed by atoms with Gasteiger partial charge < -0.3 is 10.4 Å². The fourth-order valence-electron chi connectivity index (χ4n) is 1.99. The molecule has 0 aromatic heterocycles. The van der Waals surface area contributed by atoms with Gasteiger partial charge in [-0.3, -0.25) is 9.59 Å². The van der Waals surface area contributed by atoms with Gasteiger partial charge in [0.25, 0.3) is 0 Å². The Bertz CT molecular complexity index is 803. The summed E-state index contributed by atoms with van der Waals surface area (Å²) in [5.74, 6) is -1.91. The van der Waals surface area contributed by atoms with Crippen LogP contribution in [0, 0.1) is 11.3 Å². The normalized spacial score (nSPS) is 10.4. The third-order valence-corrected chi connectivity index (χ3v) is 3.18. The van der Waals surface area contributed by atoms with Crippen molar-refractivity contribution in [3.05, 3.63) is 47.5 Å². The molecule has 0 heterocycles. The lowest BCUT2D eigenvalue weighted by Crippen LogP contribution is -2.40. The molecule has 9 heteroatoms. The largest absolute Gasteiger partial charge is 0.421 e. The predicted molar refractivity (Wildman–Crippen MR) is 82.6 cm³/mol. The average Bonchev–Trinajstić information content (AvgIpc) is 2.54. The highest BCUT2D eigenvalue weighted by molar-refractivity contribution is 6.65. The molecule has 1 amide bonds. The first kappa shape index (κ1) is 19.8. The zero-order valence-electron chi connectivity index (χ0n) is 13.2. The molecule has 1 rings (SSSR count). The Hall–Kier alpha value is -3.24. The molecule has 0 atom stereocenters. The second-order valence-corrected chi connectivity index (χ2v) is 4.88. The van der Waals surface area contributed by atoms with Crippen molar-refractivity contribution in [3.63, 3.8) is 0 Å². The summed E-state index contributed by atoms with van der Waals surface area (Å²) in [5, 5.41) is 8.82. The molecular formula is C16H13F3N4O2. The fraction of sp³-hybridized carbons (Fsp3) is 0.250. The zero-order chi connectivity index (χ0) is 19.2. The van der Waals surface area contributed by atoms with Crippen molar-refractivity contribution in [1.82, 2.24) is 0 Å². The molecule has 130 valence electrons. The molecule has 0 N–H and O–H groups in total. The number of alkyl halides is 3. The van der Waals surface area contributed by atoms with E-state index in [-0.39, 0.29) is 18.7 Å². The minimum Gasteiger partial charge on any atom is -0.360 e.